The highest BCUT2D eigenvalue weighted by Gasteiger charge is 2.27. The summed E-state index contributed by atoms with van der Waals surface area (Å²) in [5.41, 5.74) is -0.843. The second kappa shape index (κ2) is 4.70. The van der Waals surface area contributed by atoms with Gasteiger partial charge in [-0.1, -0.05) is 12.1 Å². The second-order valence-corrected chi connectivity index (χ2v) is 5.04. The Balaban J connectivity index is 1.99. The summed E-state index contributed by atoms with van der Waals surface area (Å²) in [4.78, 5) is 0. The molecule has 0 amide bonds. The zero-order chi connectivity index (χ0) is 12.5. The monoisotopic (exact) mass is 241 g/mol. The molecule has 0 bridgehead atoms. The van der Waals surface area contributed by atoms with E-state index in [2.05, 4.69) is 5.32 Å². The van der Waals surface area contributed by atoms with E-state index in [9.17, 15) is 13.9 Å². The van der Waals surface area contributed by atoms with Gasteiger partial charge in [-0.25, -0.2) is 8.78 Å². The summed E-state index contributed by atoms with van der Waals surface area (Å²) in [6, 6.07) is 4.52. The molecule has 17 heavy (non-hydrogen) atoms. The molecule has 1 fully saturated rings. The van der Waals surface area contributed by atoms with Gasteiger partial charge in [0.05, 0.1) is 5.60 Å². The highest BCUT2D eigenvalue weighted by Crippen LogP contribution is 2.21. The molecule has 0 saturated heterocycles. The number of aliphatic hydroxyl groups is 1. The zero-order valence-electron chi connectivity index (χ0n) is 9.84. The Labute approximate surface area is 99.7 Å². The summed E-state index contributed by atoms with van der Waals surface area (Å²) in [5.74, 6) is -1.73. The molecule has 1 aromatic rings. The first-order chi connectivity index (χ1) is 7.98. The van der Waals surface area contributed by atoms with E-state index in [0.29, 0.717) is 12.6 Å². The number of hydrogen-bond donors (Lipinski definition) is 2. The van der Waals surface area contributed by atoms with Crippen molar-refractivity contribution in [2.75, 3.05) is 6.54 Å². The third kappa shape index (κ3) is 3.48. The van der Waals surface area contributed by atoms with Gasteiger partial charge in [0.2, 0.25) is 0 Å². The lowest BCUT2D eigenvalue weighted by molar-refractivity contribution is 0.0587. The lowest BCUT2D eigenvalue weighted by Crippen LogP contribution is -2.40. The van der Waals surface area contributed by atoms with E-state index in [-0.39, 0.29) is 12.0 Å². The normalized spacial score (nSPS) is 19.1. The molecule has 2 rings (SSSR count). The molecular formula is C13H17F2NO. The van der Waals surface area contributed by atoms with Crippen LogP contribution in [0.15, 0.2) is 18.2 Å². The standard InChI is InChI=1S/C13H17F2NO/c1-13(17,8-16-10-5-6-10)7-9-3-2-4-11(14)12(9)15/h2-4,10,16-17H,5-8H2,1H3. The number of benzene rings is 1. The maximum atomic E-state index is 13.4. The Morgan fingerprint density at radius 2 is 2.12 bits per heavy atom. The van der Waals surface area contributed by atoms with Crippen LogP contribution in [0.3, 0.4) is 0 Å². The molecule has 2 N–H and O–H groups in total. The van der Waals surface area contributed by atoms with E-state index in [1.807, 2.05) is 0 Å². The van der Waals surface area contributed by atoms with Crippen LogP contribution in [0.4, 0.5) is 8.78 Å². The Bertz CT molecular complexity index is 402. The molecule has 0 aliphatic heterocycles. The first kappa shape index (κ1) is 12.5. The van der Waals surface area contributed by atoms with Gasteiger partial charge in [0, 0.05) is 19.0 Å². The van der Waals surface area contributed by atoms with Crippen LogP contribution in [0, 0.1) is 11.6 Å². The molecule has 2 nitrogen and oxygen atoms in total. The predicted octanol–water partition coefficient (Wildman–Crippen LogP) is 2.01. The molecule has 0 spiro atoms. The summed E-state index contributed by atoms with van der Waals surface area (Å²) in [6.45, 7) is 2.03. The smallest absolute Gasteiger partial charge is 0.162 e. The minimum absolute atomic E-state index is 0.107. The lowest BCUT2D eigenvalue weighted by atomic mass is 9.96. The number of hydrogen-bond acceptors (Lipinski definition) is 2. The Hall–Kier alpha value is -1.00. The summed E-state index contributed by atoms with van der Waals surface area (Å²) >= 11 is 0. The van der Waals surface area contributed by atoms with Crippen molar-refractivity contribution >= 4 is 0 Å². The largest absolute Gasteiger partial charge is 0.389 e. The third-order valence-corrected chi connectivity index (χ3v) is 2.95. The number of rotatable bonds is 5. The van der Waals surface area contributed by atoms with Crippen molar-refractivity contribution in [1.82, 2.24) is 5.32 Å². The molecular weight excluding hydrogens is 224 g/mol. The van der Waals surface area contributed by atoms with Crippen molar-refractivity contribution in [2.45, 2.75) is 37.8 Å². The van der Waals surface area contributed by atoms with Crippen LogP contribution in [0.25, 0.3) is 0 Å². The van der Waals surface area contributed by atoms with Gasteiger partial charge in [0.1, 0.15) is 0 Å². The third-order valence-electron chi connectivity index (χ3n) is 2.95. The Kier molecular flexibility index (Phi) is 3.45. The average molecular weight is 241 g/mol. The maximum absolute atomic E-state index is 13.4. The van der Waals surface area contributed by atoms with E-state index in [1.165, 1.54) is 12.1 Å². The van der Waals surface area contributed by atoms with E-state index >= 15 is 0 Å². The predicted molar refractivity (Wildman–Crippen MR) is 61.7 cm³/mol. The fourth-order valence-corrected chi connectivity index (χ4v) is 1.81. The molecule has 1 unspecified atom stereocenters. The lowest BCUT2D eigenvalue weighted by Gasteiger charge is -2.24. The topological polar surface area (TPSA) is 32.3 Å². The van der Waals surface area contributed by atoms with Crippen molar-refractivity contribution in [2.24, 2.45) is 0 Å². The van der Waals surface area contributed by atoms with Crippen molar-refractivity contribution in [3.8, 4) is 0 Å². The van der Waals surface area contributed by atoms with Crippen molar-refractivity contribution in [3.05, 3.63) is 35.4 Å². The van der Waals surface area contributed by atoms with Gasteiger partial charge in [-0.15, -0.1) is 0 Å². The van der Waals surface area contributed by atoms with Gasteiger partial charge < -0.3 is 10.4 Å². The maximum Gasteiger partial charge on any atom is 0.162 e. The molecule has 1 atom stereocenters. The quantitative estimate of drug-likeness (QED) is 0.826. The summed E-state index contributed by atoms with van der Waals surface area (Å²) in [5, 5.41) is 13.3. The van der Waals surface area contributed by atoms with Gasteiger partial charge in [0.15, 0.2) is 11.6 Å². The minimum Gasteiger partial charge on any atom is -0.389 e. The molecule has 4 heteroatoms. The van der Waals surface area contributed by atoms with Crippen molar-refractivity contribution in [3.63, 3.8) is 0 Å². The van der Waals surface area contributed by atoms with Gasteiger partial charge in [-0.3, -0.25) is 0 Å². The SMILES string of the molecule is CC(O)(CNC1CC1)Cc1cccc(F)c1F. The molecule has 1 aromatic carbocycles. The first-order valence-corrected chi connectivity index (χ1v) is 5.86. The average Bonchev–Trinajstić information content (AvgIpc) is 3.06. The van der Waals surface area contributed by atoms with E-state index in [0.717, 1.165) is 18.9 Å². The van der Waals surface area contributed by atoms with Gasteiger partial charge in [-0.05, 0) is 31.4 Å². The van der Waals surface area contributed by atoms with Crippen LogP contribution in [-0.2, 0) is 6.42 Å². The van der Waals surface area contributed by atoms with Crippen LogP contribution < -0.4 is 5.32 Å². The summed E-state index contributed by atoms with van der Waals surface area (Å²) in [7, 11) is 0. The fourth-order valence-electron chi connectivity index (χ4n) is 1.81. The highest BCUT2D eigenvalue weighted by atomic mass is 19.2. The number of halogens is 2. The van der Waals surface area contributed by atoms with Crippen LogP contribution >= 0.6 is 0 Å². The van der Waals surface area contributed by atoms with E-state index in [4.69, 9.17) is 0 Å². The number of nitrogens with one attached hydrogen (secondary N) is 1. The molecule has 1 aliphatic rings. The molecule has 0 heterocycles. The van der Waals surface area contributed by atoms with Gasteiger partial charge in [0.25, 0.3) is 0 Å². The second-order valence-electron chi connectivity index (χ2n) is 5.04. The summed E-state index contributed by atoms with van der Waals surface area (Å²) in [6.07, 6.45) is 2.37. The molecule has 1 aliphatic carbocycles. The van der Waals surface area contributed by atoms with Crippen molar-refractivity contribution < 1.29 is 13.9 Å². The van der Waals surface area contributed by atoms with Crippen LogP contribution in [-0.4, -0.2) is 23.3 Å². The highest BCUT2D eigenvalue weighted by molar-refractivity contribution is 5.20. The molecule has 0 aromatic heterocycles. The first-order valence-electron chi connectivity index (χ1n) is 5.86. The minimum atomic E-state index is -1.06. The van der Waals surface area contributed by atoms with Crippen LogP contribution in [0.1, 0.15) is 25.3 Å². The fraction of sp³-hybridized carbons (Fsp3) is 0.538. The Morgan fingerprint density at radius 1 is 1.41 bits per heavy atom. The molecule has 1 saturated carbocycles. The van der Waals surface area contributed by atoms with Crippen LogP contribution in [0.2, 0.25) is 0 Å². The zero-order valence-corrected chi connectivity index (χ0v) is 9.84. The molecule has 94 valence electrons. The summed E-state index contributed by atoms with van der Waals surface area (Å²) < 4.78 is 26.4. The van der Waals surface area contributed by atoms with Crippen LogP contribution in [0.5, 0.6) is 0 Å². The van der Waals surface area contributed by atoms with Crippen molar-refractivity contribution in [1.29, 1.82) is 0 Å². The van der Waals surface area contributed by atoms with Gasteiger partial charge >= 0.3 is 0 Å². The van der Waals surface area contributed by atoms with E-state index in [1.54, 1.807) is 6.92 Å². The Morgan fingerprint density at radius 3 is 2.76 bits per heavy atom. The van der Waals surface area contributed by atoms with E-state index < -0.39 is 17.2 Å². The van der Waals surface area contributed by atoms with Gasteiger partial charge in [-0.2, -0.15) is 0 Å². The molecule has 0 radical (unpaired) electrons.